The molecule has 0 amide bonds. The quantitative estimate of drug-likeness (QED) is 0.647. The monoisotopic (exact) mass is 331 g/mol. The molecule has 4 rings (SSSR count). The first-order chi connectivity index (χ1) is 12.3. The Hall–Kier alpha value is -2.78. The smallest absolute Gasteiger partial charge is 0.231 e. The predicted octanol–water partition coefficient (Wildman–Crippen LogP) is 4.98. The van der Waals surface area contributed by atoms with Gasteiger partial charge >= 0.3 is 0 Å². The molecule has 126 valence electrons. The van der Waals surface area contributed by atoms with Crippen molar-refractivity contribution in [2.24, 2.45) is 0 Å². The second-order valence-electron chi connectivity index (χ2n) is 6.21. The summed E-state index contributed by atoms with van der Waals surface area (Å²) in [6.07, 6.45) is 2.84. The van der Waals surface area contributed by atoms with Crippen LogP contribution in [0.1, 0.15) is 23.6 Å². The van der Waals surface area contributed by atoms with E-state index in [1.54, 1.807) is 0 Å². The molecule has 1 N–H and O–H groups in total. The molecule has 3 aromatic carbocycles. The van der Waals surface area contributed by atoms with Crippen LogP contribution in [-0.4, -0.2) is 6.79 Å². The van der Waals surface area contributed by atoms with Crippen LogP contribution >= 0.6 is 0 Å². The average Bonchev–Trinajstić information content (AvgIpc) is 3.12. The highest BCUT2D eigenvalue weighted by Crippen LogP contribution is 2.33. The van der Waals surface area contributed by atoms with Crippen molar-refractivity contribution in [2.45, 2.75) is 19.0 Å². The summed E-state index contributed by atoms with van der Waals surface area (Å²) < 4.78 is 10.8. The highest BCUT2D eigenvalue weighted by Gasteiger charge is 2.15. The molecule has 0 spiro atoms. The molecule has 25 heavy (non-hydrogen) atoms. The van der Waals surface area contributed by atoms with Gasteiger partial charge in [-0.25, -0.2) is 0 Å². The van der Waals surface area contributed by atoms with E-state index in [-0.39, 0.29) is 6.04 Å². The van der Waals surface area contributed by atoms with E-state index in [4.69, 9.17) is 9.47 Å². The van der Waals surface area contributed by atoms with Crippen molar-refractivity contribution >= 4 is 10.8 Å². The van der Waals surface area contributed by atoms with Gasteiger partial charge in [-0.15, -0.1) is 6.58 Å². The lowest BCUT2D eigenvalue weighted by Gasteiger charge is -2.20. The summed E-state index contributed by atoms with van der Waals surface area (Å²) in [6.45, 7) is 5.00. The number of hydrogen-bond acceptors (Lipinski definition) is 3. The molecule has 0 radical (unpaired) electrons. The number of hydrogen-bond donors (Lipinski definition) is 1. The Morgan fingerprint density at radius 1 is 1.00 bits per heavy atom. The zero-order valence-corrected chi connectivity index (χ0v) is 14.1. The number of ether oxygens (including phenoxy) is 2. The number of fused-ring (bicyclic) bond motifs is 2. The first-order valence-corrected chi connectivity index (χ1v) is 8.55. The molecule has 3 nitrogen and oxygen atoms in total. The maximum Gasteiger partial charge on any atom is 0.231 e. The van der Waals surface area contributed by atoms with Crippen LogP contribution in [0.3, 0.4) is 0 Å². The summed E-state index contributed by atoms with van der Waals surface area (Å²) in [6, 6.07) is 21.3. The van der Waals surface area contributed by atoms with Gasteiger partial charge in [0.1, 0.15) is 0 Å². The van der Waals surface area contributed by atoms with Crippen LogP contribution in [0, 0.1) is 0 Å². The Labute approximate surface area is 147 Å². The van der Waals surface area contributed by atoms with Crippen molar-refractivity contribution in [2.75, 3.05) is 6.79 Å². The SMILES string of the molecule is C=CCC(NCc1ccc2c(c1)OCO2)c1cccc2ccccc12. The van der Waals surface area contributed by atoms with E-state index in [0.29, 0.717) is 6.79 Å². The standard InChI is InChI=1S/C22H21NO2/c1-2-6-20(19-10-5-8-17-7-3-4-9-18(17)19)23-14-16-11-12-21-22(13-16)25-15-24-21/h2-5,7-13,20,23H,1,6,14-15H2. The molecule has 0 saturated heterocycles. The van der Waals surface area contributed by atoms with Crippen LogP contribution in [-0.2, 0) is 6.54 Å². The van der Waals surface area contributed by atoms with E-state index in [2.05, 4.69) is 60.4 Å². The highest BCUT2D eigenvalue weighted by molar-refractivity contribution is 5.86. The molecular formula is C22H21NO2. The Bertz CT molecular complexity index is 898. The minimum absolute atomic E-state index is 0.217. The molecule has 1 aliphatic rings. The molecule has 0 fully saturated rings. The Morgan fingerprint density at radius 2 is 1.84 bits per heavy atom. The topological polar surface area (TPSA) is 30.5 Å². The van der Waals surface area contributed by atoms with Crippen LogP contribution in [0.5, 0.6) is 11.5 Å². The van der Waals surface area contributed by atoms with Gasteiger partial charge in [0.05, 0.1) is 0 Å². The fourth-order valence-corrected chi connectivity index (χ4v) is 3.33. The van der Waals surface area contributed by atoms with Gasteiger partial charge in [-0.1, -0.05) is 54.6 Å². The fourth-order valence-electron chi connectivity index (χ4n) is 3.33. The summed E-state index contributed by atoms with van der Waals surface area (Å²) in [5.41, 5.74) is 2.48. The molecule has 1 heterocycles. The van der Waals surface area contributed by atoms with Crippen LogP contribution in [0.4, 0.5) is 0 Å². The lowest BCUT2D eigenvalue weighted by molar-refractivity contribution is 0.174. The van der Waals surface area contributed by atoms with Gasteiger partial charge in [0.2, 0.25) is 6.79 Å². The molecule has 3 aromatic rings. The third-order valence-corrected chi connectivity index (χ3v) is 4.59. The maximum absolute atomic E-state index is 5.47. The van der Waals surface area contributed by atoms with E-state index >= 15 is 0 Å². The van der Waals surface area contributed by atoms with Gasteiger partial charge in [-0.05, 0) is 40.5 Å². The van der Waals surface area contributed by atoms with E-state index in [1.165, 1.54) is 21.9 Å². The molecule has 1 aliphatic heterocycles. The van der Waals surface area contributed by atoms with E-state index < -0.39 is 0 Å². The molecule has 0 aromatic heterocycles. The molecule has 0 bridgehead atoms. The van der Waals surface area contributed by atoms with E-state index in [1.807, 2.05) is 18.2 Å². The molecule has 0 aliphatic carbocycles. The first-order valence-electron chi connectivity index (χ1n) is 8.55. The van der Waals surface area contributed by atoms with Crippen LogP contribution < -0.4 is 14.8 Å². The third kappa shape index (κ3) is 3.24. The Kier molecular flexibility index (Phi) is 4.40. The minimum Gasteiger partial charge on any atom is -0.454 e. The lowest BCUT2D eigenvalue weighted by atomic mass is 9.96. The van der Waals surface area contributed by atoms with Crippen molar-refractivity contribution < 1.29 is 9.47 Å². The molecular weight excluding hydrogens is 310 g/mol. The average molecular weight is 331 g/mol. The Morgan fingerprint density at radius 3 is 2.76 bits per heavy atom. The minimum atomic E-state index is 0.217. The van der Waals surface area contributed by atoms with Crippen molar-refractivity contribution in [1.82, 2.24) is 5.32 Å². The predicted molar refractivity (Wildman–Crippen MR) is 101 cm³/mol. The van der Waals surface area contributed by atoms with Gasteiger partial charge in [0.25, 0.3) is 0 Å². The zero-order chi connectivity index (χ0) is 17.1. The molecule has 3 heteroatoms. The summed E-state index contributed by atoms with van der Waals surface area (Å²) in [5.74, 6) is 1.64. The van der Waals surface area contributed by atoms with Crippen molar-refractivity contribution in [1.29, 1.82) is 0 Å². The van der Waals surface area contributed by atoms with Gasteiger partial charge < -0.3 is 14.8 Å². The molecule has 1 atom stereocenters. The fraction of sp³-hybridized carbons (Fsp3) is 0.182. The van der Waals surface area contributed by atoms with Crippen molar-refractivity contribution in [3.8, 4) is 11.5 Å². The maximum atomic E-state index is 5.47. The summed E-state index contributed by atoms with van der Waals surface area (Å²) in [7, 11) is 0. The molecule has 1 unspecified atom stereocenters. The van der Waals surface area contributed by atoms with Gasteiger partial charge in [0, 0.05) is 12.6 Å². The van der Waals surface area contributed by atoms with Crippen LogP contribution in [0.15, 0.2) is 73.3 Å². The van der Waals surface area contributed by atoms with Gasteiger partial charge in [-0.2, -0.15) is 0 Å². The van der Waals surface area contributed by atoms with Crippen LogP contribution in [0.25, 0.3) is 10.8 Å². The summed E-state index contributed by atoms with van der Waals surface area (Å²) in [4.78, 5) is 0. The summed E-state index contributed by atoms with van der Waals surface area (Å²) >= 11 is 0. The normalized spacial score (nSPS) is 13.8. The van der Waals surface area contributed by atoms with Gasteiger partial charge in [-0.3, -0.25) is 0 Å². The largest absolute Gasteiger partial charge is 0.454 e. The number of rotatable bonds is 6. The third-order valence-electron chi connectivity index (χ3n) is 4.59. The van der Waals surface area contributed by atoms with Crippen molar-refractivity contribution in [3.05, 3.63) is 84.4 Å². The van der Waals surface area contributed by atoms with Gasteiger partial charge in [0.15, 0.2) is 11.5 Å². The number of nitrogens with one attached hydrogen (secondary N) is 1. The van der Waals surface area contributed by atoms with Crippen LogP contribution in [0.2, 0.25) is 0 Å². The first kappa shape index (κ1) is 15.7. The molecule has 0 saturated carbocycles. The highest BCUT2D eigenvalue weighted by atomic mass is 16.7. The summed E-state index contributed by atoms with van der Waals surface area (Å²) in [5, 5.41) is 6.22. The zero-order valence-electron chi connectivity index (χ0n) is 14.1. The van der Waals surface area contributed by atoms with Crippen molar-refractivity contribution in [3.63, 3.8) is 0 Å². The second kappa shape index (κ2) is 6.99. The van der Waals surface area contributed by atoms with E-state index in [9.17, 15) is 0 Å². The lowest BCUT2D eigenvalue weighted by Crippen LogP contribution is -2.20. The van der Waals surface area contributed by atoms with E-state index in [0.717, 1.165) is 24.5 Å². The number of benzene rings is 3. The Balaban J connectivity index is 1.58. The second-order valence-corrected chi connectivity index (χ2v) is 6.21.